The first kappa shape index (κ1) is 23.8. The summed E-state index contributed by atoms with van der Waals surface area (Å²) >= 11 is 6.42. The summed E-state index contributed by atoms with van der Waals surface area (Å²) in [5, 5.41) is 3.78. The lowest BCUT2D eigenvalue weighted by Gasteiger charge is -2.15. The van der Waals surface area contributed by atoms with E-state index >= 15 is 0 Å². The van der Waals surface area contributed by atoms with Gasteiger partial charge in [0.05, 0.1) is 19.2 Å². The molecule has 3 aromatic rings. The van der Waals surface area contributed by atoms with Crippen LogP contribution in [0.2, 0.25) is 5.02 Å². The van der Waals surface area contributed by atoms with E-state index < -0.39 is 0 Å². The SMILES string of the molecule is COc1ccccc1CNCc1cc(Cl)c(OCc2ccccc2F)c(OC)c1.Cl. The predicted octanol–water partition coefficient (Wildman–Crippen LogP) is 5.79. The van der Waals surface area contributed by atoms with Gasteiger partial charge in [0, 0.05) is 24.2 Å². The van der Waals surface area contributed by atoms with Crippen LogP contribution in [0.15, 0.2) is 60.7 Å². The van der Waals surface area contributed by atoms with Crippen LogP contribution in [-0.4, -0.2) is 14.2 Å². The summed E-state index contributed by atoms with van der Waals surface area (Å²) in [5.74, 6) is 1.42. The van der Waals surface area contributed by atoms with Crippen LogP contribution in [0.1, 0.15) is 16.7 Å². The van der Waals surface area contributed by atoms with E-state index in [9.17, 15) is 4.39 Å². The van der Waals surface area contributed by atoms with Crippen LogP contribution in [0.5, 0.6) is 17.2 Å². The Hall–Kier alpha value is -2.47. The summed E-state index contributed by atoms with van der Waals surface area (Å²) in [4.78, 5) is 0. The van der Waals surface area contributed by atoms with Gasteiger partial charge in [0.25, 0.3) is 0 Å². The molecule has 4 nitrogen and oxygen atoms in total. The Labute approximate surface area is 187 Å². The summed E-state index contributed by atoms with van der Waals surface area (Å²) in [6, 6.07) is 18.0. The lowest BCUT2D eigenvalue weighted by atomic mass is 10.1. The first-order valence-corrected chi connectivity index (χ1v) is 9.55. The molecule has 0 heterocycles. The number of ether oxygens (including phenoxy) is 3. The summed E-state index contributed by atoms with van der Waals surface area (Å²) in [6.45, 7) is 1.30. The smallest absolute Gasteiger partial charge is 0.180 e. The van der Waals surface area contributed by atoms with Crippen molar-refractivity contribution < 1.29 is 18.6 Å². The van der Waals surface area contributed by atoms with Gasteiger partial charge in [0.15, 0.2) is 11.5 Å². The van der Waals surface area contributed by atoms with E-state index in [1.54, 1.807) is 32.4 Å². The molecule has 30 heavy (non-hydrogen) atoms. The Morgan fingerprint density at radius 1 is 0.867 bits per heavy atom. The highest BCUT2D eigenvalue weighted by atomic mass is 35.5. The molecule has 0 aliphatic rings. The van der Waals surface area contributed by atoms with Crippen LogP contribution in [0.25, 0.3) is 0 Å². The summed E-state index contributed by atoms with van der Waals surface area (Å²) in [7, 11) is 3.21. The van der Waals surface area contributed by atoms with Crippen molar-refractivity contribution in [2.45, 2.75) is 19.7 Å². The summed E-state index contributed by atoms with van der Waals surface area (Å²) in [5.41, 5.74) is 2.46. The Morgan fingerprint density at radius 2 is 1.53 bits per heavy atom. The van der Waals surface area contributed by atoms with Crippen molar-refractivity contribution in [2.75, 3.05) is 14.2 Å². The molecule has 0 radical (unpaired) electrons. The number of hydrogen-bond donors (Lipinski definition) is 1. The average Bonchev–Trinajstić information content (AvgIpc) is 2.74. The Morgan fingerprint density at radius 3 is 2.23 bits per heavy atom. The van der Waals surface area contributed by atoms with E-state index in [1.807, 2.05) is 36.4 Å². The van der Waals surface area contributed by atoms with Gasteiger partial charge in [0.2, 0.25) is 0 Å². The number of para-hydroxylation sites is 1. The van der Waals surface area contributed by atoms with Crippen LogP contribution in [0.3, 0.4) is 0 Å². The molecule has 0 saturated carbocycles. The van der Waals surface area contributed by atoms with Crippen LogP contribution >= 0.6 is 24.0 Å². The average molecular weight is 452 g/mol. The molecule has 0 spiro atoms. The second kappa shape index (κ2) is 11.6. The second-order valence-electron chi connectivity index (χ2n) is 6.40. The number of halogens is 3. The van der Waals surface area contributed by atoms with E-state index in [4.69, 9.17) is 25.8 Å². The van der Waals surface area contributed by atoms with Crippen molar-refractivity contribution in [2.24, 2.45) is 0 Å². The number of hydrogen-bond acceptors (Lipinski definition) is 4. The van der Waals surface area contributed by atoms with Gasteiger partial charge in [0.1, 0.15) is 18.2 Å². The van der Waals surface area contributed by atoms with Crippen molar-refractivity contribution in [3.05, 3.63) is 88.2 Å². The number of methoxy groups -OCH3 is 2. The molecule has 0 bridgehead atoms. The normalized spacial score (nSPS) is 10.3. The minimum absolute atomic E-state index is 0. The summed E-state index contributed by atoms with van der Waals surface area (Å²) < 4.78 is 30.4. The molecule has 0 aliphatic heterocycles. The zero-order valence-corrected chi connectivity index (χ0v) is 18.4. The van der Waals surface area contributed by atoms with Gasteiger partial charge < -0.3 is 19.5 Å². The highest BCUT2D eigenvalue weighted by Gasteiger charge is 2.13. The molecule has 0 aliphatic carbocycles. The molecular weight excluding hydrogens is 428 g/mol. The van der Waals surface area contributed by atoms with Crippen LogP contribution < -0.4 is 19.5 Å². The minimum atomic E-state index is -0.320. The fourth-order valence-electron chi connectivity index (χ4n) is 2.97. The lowest BCUT2D eigenvalue weighted by molar-refractivity contribution is 0.279. The van der Waals surface area contributed by atoms with Crippen molar-refractivity contribution in [3.63, 3.8) is 0 Å². The quantitative estimate of drug-likeness (QED) is 0.447. The highest BCUT2D eigenvalue weighted by Crippen LogP contribution is 2.37. The molecule has 0 amide bonds. The number of nitrogens with one attached hydrogen (secondary N) is 1. The Kier molecular flexibility index (Phi) is 9.24. The van der Waals surface area contributed by atoms with Gasteiger partial charge >= 0.3 is 0 Å². The molecule has 0 fully saturated rings. The molecule has 0 atom stereocenters. The van der Waals surface area contributed by atoms with Gasteiger partial charge in [-0.3, -0.25) is 0 Å². The molecule has 160 valence electrons. The Balaban J connectivity index is 0.00000320. The maximum atomic E-state index is 13.8. The zero-order valence-electron chi connectivity index (χ0n) is 16.8. The monoisotopic (exact) mass is 451 g/mol. The van der Waals surface area contributed by atoms with Crippen molar-refractivity contribution in [1.82, 2.24) is 5.32 Å². The third-order valence-corrected chi connectivity index (χ3v) is 4.74. The van der Waals surface area contributed by atoms with E-state index in [-0.39, 0.29) is 24.8 Å². The molecule has 3 rings (SSSR count). The molecule has 1 N–H and O–H groups in total. The van der Waals surface area contributed by atoms with Crippen LogP contribution in [-0.2, 0) is 19.7 Å². The molecule has 0 saturated heterocycles. The maximum absolute atomic E-state index is 13.8. The van der Waals surface area contributed by atoms with E-state index in [1.165, 1.54) is 6.07 Å². The maximum Gasteiger partial charge on any atom is 0.180 e. The van der Waals surface area contributed by atoms with Gasteiger partial charge in [-0.15, -0.1) is 12.4 Å². The zero-order chi connectivity index (χ0) is 20.6. The van der Waals surface area contributed by atoms with Crippen molar-refractivity contribution in [1.29, 1.82) is 0 Å². The highest BCUT2D eigenvalue weighted by molar-refractivity contribution is 6.32. The van der Waals surface area contributed by atoms with E-state index in [0.29, 0.717) is 35.2 Å². The van der Waals surface area contributed by atoms with Gasteiger partial charge in [-0.25, -0.2) is 4.39 Å². The van der Waals surface area contributed by atoms with Crippen molar-refractivity contribution in [3.8, 4) is 17.2 Å². The standard InChI is InChI=1S/C23H23ClFNO3.ClH/c1-27-21-10-6-4-7-17(21)14-26-13-16-11-19(24)23(22(12-16)28-2)29-15-18-8-3-5-9-20(18)25;/h3-12,26H,13-15H2,1-2H3;1H. The molecule has 0 unspecified atom stereocenters. The molecule has 3 aromatic carbocycles. The van der Waals surface area contributed by atoms with Crippen LogP contribution in [0.4, 0.5) is 4.39 Å². The fourth-order valence-corrected chi connectivity index (χ4v) is 3.26. The Bertz CT molecular complexity index is 969. The largest absolute Gasteiger partial charge is 0.496 e. The first-order valence-electron chi connectivity index (χ1n) is 9.17. The van der Waals surface area contributed by atoms with Gasteiger partial charge in [-0.05, 0) is 29.8 Å². The minimum Gasteiger partial charge on any atom is -0.496 e. The molecule has 0 aromatic heterocycles. The molecule has 7 heteroatoms. The van der Waals surface area contributed by atoms with E-state index in [0.717, 1.165) is 16.9 Å². The predicted molar refractivity (Wildman–Crippen MR) is 120 cm³/mol. The number of benzene rings is 3. The second-order valence-corrected chi connectivity index (χ2v) is 6.81. The summed E-state index contributed by atoms with van der Waals surface area (Å²) in [6.07, 6.45) is 0. The van der Waals surface area contributed by atoms with Crippen LogP contribution in [0, 0.1) is 5.82 Å². The van der Waals surface area contributed by atoms with E-state index in [2.05, 4.69) is 5.32 Å². The first-order chi connectivity index (χ1) is 14.1. The third kappa shape index (κ3) is 6.02. The topological polar surface area (TPSA) is 39.7 Å². The van der Waals surface area contributed by atoms with Crippen molar-refractivity contribution >= 4 is 24.0 Å². The fraction of sp³-hybridized carbons (Fsp3) is 0.217. The van der Waals surface area contributed by atoms with Gasteiger partial charge in [-0.1, -0.05) is 48.0 Å². The molecular formula is C23H24Cl2FNO3. The van der Waals surface area contributed by atoms with Gasteiger partial charge in [-0.2, -0.15) is 0 Å². The third-order valence-electron chi connectivity index (χ3n) is 4.46. The lowest BCUT2D eigenvalue weighted by Crippen LogP contribution is -2.13. The number of rotatable bonds is 9.